The van der Waals surface area contributed by atoms with Crippen LogP contribution in [0, 0.1) is 11.8 Å². The molecule has 0 radical (unpaired) electrons. The summed E-state index contributed by atoms with van der Waals surface area (Å²) in [5.41, 5.74) is 6.00. The highest BCUT2D eigenvalue weighted by atomic mass is 16.2. The molecule has 7 nitrogen and oxygen atoms in total. The Morgan fingerprint density at radius 2 is 2.39 bits per heavy atom. The molecule has 2 heterocycles. The van der Waals surface area contributed by atoms with E-state index in [4.69, 9.17) is 5.73 Å². The first kappa shape index (κ1) is 11.8. The molecule has 0 atom stereocenters. The molecule has 2 rings (SSSR count). The Hall–Kier alpha value is -2.72. The largest absolute Gasteiger partial charge is 0.320 e. The Bertz CT molecular complexity index is 595. The van der Waals surface area contributed by atoms with E-state index in [-0.39, 0.29) is 18.1 Å². The second kappa shape index (κ2) is 5.56. The van der Waals surface area contributed by atoms with E-state index >= 15 is 0 Å². The molecule has 2 aromatic rings. The molecule has 4 N–H and O–H groups in total. The van der Waals surface area contributed by atoms with E-state index in [9.17, 15) is 4.79 Å². The molecule has 0 saturated heterocycles. The van der Waals surface area contributed by atoms with E-state index in [1.807, 2.05) is 0 Å². The number of pyridine rings is 1. The van der Waals surface area contributed by atoms with Crippen LogP contribution in [0.3, 0.4) is 0 Å². The smallest absolute Gasteiger partial charge is 0.278 e. The number of aromatic amines is 1. The molecule has 0 aromatic carbocycles. The van der Waals surface area contributed by atoms with Crippen LogP contribution in [0.5, 0.6) is 0 Å². The number of rotatable bonds is 2. The van der Waals surface area contributed by atoms with E-state index in [2.05, 4.69) is 37.6 Å². The Morgan fingerprint density at radius 1 is 1.50 bits per heavy atom. The molecule has 0 unspecified atom stereocenters. The van der Waals surface area contributed by atoms with Crippen LogP contribution in [0.25, 0.3) is 0 Å². The summed E-state index contributed by atoms with van der Waals surface area (Å²) in [6.07, 6.45) is 1.33. The summed E-state index contributed by atoms with van der Waals surface area (Å²) in [6, 6.07) is 5.13. The Kier molecular flexibility index (Phi) is 3.63. The first-order chi connectivity index (χ1) is 8.79. The molecule has 0 aliphatic carbocycles. The average Bonchev–Trinajstić information content (AvgIpc) is 2.91. The van der Waals surface area contributed by atoms with Crippen molar-refractivity contribution in [1.82, 2.24) is 20.4 Å². The van der Waals surface area contributed by atoms with Crippen LogP contribution in [-0.4, -0.2) is 32.8 Å². The van der Waals surface area contributed by atoms with Crippen LogP contribution in [-0.2, 0) is 0 Å². The third kappa shape index (κ3) is 2.90. The van der Waals surface area contributed by atoms with Gasteiger partial charge in [-0.05, 0) is 18.1 Å². The van der Waals surface area contributed by atoms with Gasteiger partial charge < -0.3 is 11.1 Å². The number of carbonyl (C=O) groups is 1. The van der Waals surface area contributed by atoms with Crippen LogP contribution in [0.15, 0.2) is 24.4 Å². The molecule has 0 aliphatic heterocycles. The van der Waals surface area contributed by atoms with Gasteiger partial charge in [0.05, 0.1) is 12.7 Å². The number of hydrogen-bond acceptors (Lipinski definition) is 5. The first-order valence-corrected chi connectivity index (χ1v) is 5.12. The number of nitrogens with one attached hydrogen (secondary N) is 2. The van der Waals surface area contributed by atoms with Crippen LogP contribution in [0.2, 0.25) is 0 Å². The van der Waals surface area contributed by atoms with Gasteiger partial charge in [-0.15, -0.1) is 0 Å². The minimum atomic E-state index is -0.389. The van der Waals surface area contributed by atoms with Crippen molar-refractivity contribution in [2.45, 2.75) is 0 Å². The fourth-order valence-electron chi connectivity index (χ4n) is 1.21. The van der Waals surface area contributed by atoms with Gasteiger partial charge in [0.15, 0.2) is 5.69 Å². The van der Waals surface area contributed by atoms with Crippen LogP contribution in [0.4, 0.5) is 5.82 Å². The van der Waals surface area contributed by atoms with Gasteiger partial charge in [-0.1, -0.05) is 12.0 Å². The second-order valence-electron chi connectivity index (χ2n) is 3.22. The molecule has 18 heavy (non-hydrogen) atoms. The minimum Gasteiger partial charge on any atom is -0.320 e. The zero-order valence-electron chi connectivity index (χ0n) is 9.34. The van der Waals surface area contributed by atoms with E-state index in [1.165, 1.54) is 6.20 Å². The Morgan fingerprint density at radius 3 is 3.11 bits per heavy atom. The molecule has 1 amide bonds. The lowest BCUT2D eigenvalue weighted by molar-refractivity contribution is 0.102. The van der Waals surface area contributed by atoms with Gasteiger partial charge in [-0.3, -0.25) is 4.79 Å². The lowest BCUT2D eigenvalue weighted by Crippen LogP contribution is -2.13. The van der Waals surface area contributed by atoms with Crippen molar-refractivity contribution < 1.29 is 4.79 Å². The minimum absolute atomic E-state index is 0.190. The van der Waals surface area contributed by atoms with E-state index in [1.54, 1.807) is 18.2 Å². The van der Waals surface area contributed by atoms with Gasteiger partial charge in [0.25, 0.3) is 5.91 Å². The summed E-state index contributed by atoms with van der Waals surface area (Å²) in [5, 5.41) is 12.2. The highest BCUT2D eigenvalue weighted by molar-refractivity contribution is 6.01. The number of amides is 1. The van der Waals surface area contributed by atoms with Gasteiger partial charge in [-0.25, -0.2) is 4.98 Å². The summed E-state index contributed by atoms with van der Waals surface area (Å²) in [4.78, 5) is 15.8. The van der Waals surface area contributed by atoms with E-state index < -0.39 is 0 Å². The predicted molar refractivity (Wildman–Crippen MR) is 64.5 cm³/mol. The normalized spacial score (nSPS) is 9.39. The number of aromatic nitrogens is 4. The van der Waals surface area contributed by atoms with Crippen molar-refractivity contribution in [3.63, 3.8) is 0 Å². The topological polar surface area (TPSA) is 110 Å². The van der Waals surface area contributed by atoms with Gasteiger partial charge in [0.1, 0.15) is 11.5 Å². The molecule has 90 valence electrons. The summed E-state index contributed by atoms with van der Waals surface area (Å²) in [5.74, 6) is 5.48. The van der Waals surface area contributed by atoms with Crippen LogP contribution < -0.4 is 11.1 Å². The molecule has 2 aromatic heterocycles. The number of nitrogens with two attached hydrogens (primary N) is 1. The van der Waals surface area contributed by atoms with Gasteiger partial charge in [0, 0.05) is 0 Å². The molecule has 0 spiro atoms. The van der Waals surface area contributed by atoms with E-state index in [0.29, 0.717) is 11.5 Å². The van der Waals surface area contributed by atoms with Crippen molar-refractivity contribution in [3.8, 4) is 11.8 Å². The van der Waals surface area contributed by atoms with E-state index in [0.717, 1.165) is 0 Å². The zero-order valence-corrected chi connectivity index (χ0v) is 9.34. The molecule has 0 saturated carbocycles. The predicted octanol–water partition coefficient (Wildman–Crippen LogP) is -0.238. The third-order valence-electron chi connectivity index (χ3n) is 1.96. The van der Waals surface area contributed by atoms with Gasteiger partial charge >= 0.3 is 0 Å². The van der Waals surface area contributed by atoms with Crippen molar-refractivity contribution in [2.24, 2.45) is 5.73 Å². The highest BCUT2D eigenvalue weighted by Gasteiger charge is 2.09. The number of H-pyrrole nitrogens is 1. The quantitative estimate of drug-likeness (QED) is 0.630. The summed E-state index contributed by atoms with van der Waals surface area (Å²) in [7, 11) is 0. The summed E-state index contributed by atoms with van der Waals surface area (Å²) >= 11 is 0. The molecular weight excluding hydrogens is 232 g/mol. The fourth-order valence-corrected chi connectivity index (χ4v) is 1.21. The lowest BCUT2D eigenvalue weighted by Gasteiger charge is -2.01. The Labute approximate surface area is 103 Å². The molecule has 7 heteroatoms. The highest BCUT2D eigenvalue weighted by Crippen LogP contribution is 2.05. The number of nitrogens with zero attached hydrogens (tertiary/aromatic N) is 3. The number of carbonyl (C=O) groups excluding carboxylic acids is 1. The molecule has 0 fully saturated rings. The number of hydrogen-bond donors (Lipinski definition) is 3. The van der Waals surface area contributed by atoms with Gasteiger partial charge in [0.2, 0.25) is 0 Å². The van der Waals surface area contributed by atoms with Crippen molar-refractivity contribution in [1.29, 1.82) is 0 Å². The maximum atomic E-state index is 11.7. The van der Waals surface area contributed by atoms with Crippen molar-refractivity contribution in [3.05, 3.63) is 35.8 Å². The Balaban J connectivity index is 2.12. The summed E-state index contributed by atoms with van der Waals surface area (Å²) in [6.45, 7) is 0.261. The third-order valence-corrected chi connectivity index (χ3v) is 1.96. The maximum absolute atomic E-state index is 11.7. The lowest BCUT2D eigenvalue weighted by atomic mass is 10.3. The first-order valence-electron chi connectivity index (χ1n) is 5.12. The molecular formula is C11H10N6O. The van der Waals surface area contributed by atoms with Crippen molar-refractivity contribution in [2.75, 3.05) is 11.9 Å². The second-order valence-corrected chi connectivity index (χ2v) is 3.22. The standard InChI is InChI=1S/C11H10N6O/c12-6-2-4-8-3-1-5-10(14-8)15-11(18)9-7-13-17-16-9/h1,3,5,7H,6,12H2,(H,13,16,17)(H,14,15,18). The molecule has 0 bridgehead atoms. The average molecular weight is 242 g/mol. The van der Waals surface area contributed by atoms with Crippen molar-refractivity contribution >= 4 is 11.7 Å². The molecule has 0 aliphatic rings. The zero-order chi connectivity index (χ0) is 12.8. The number of anilines is 1. The monoisotopic (exact) mass is 242 g/mol. The van der Waals surface area contributed by atoms with Crippen LogP contribution >= 0.6 is 0 Å². The van der Waals surface area contributed by atoms with Crippen LogP contribution in [0.1, 0.15) is 16.2 Å². The fraction of sp³-hybridized carbons (Fsp3) is 0.0909. The summed E-state index contributed by atoms with van der Waals surface area (Å²) < 4.78 is 0. The SMILES string of the molecule is NCC#Cc1cccc(NC(=O)c2cn[nH]n2)n1. The maximum Gasteiger partial charge on any atom is 0.278 e. The van der Waals surface area contributed by atoms with Gasteiger partial charge in [-0.2, -0.15) is 15.4 Å².